The van der Waals surface area contributed by atoms with Crippen molar-refractivity contribution < 1.29 is 23.1 Å². The highest BCUT2D eigenvalue weighted by molar-refractivity contribution is 7.90. The molecule has 2 aromatic heterocycles. The van der Waals surface area contributed by atoms with Gasteiger partial charge in [-0.25, -0.2) is 13.2 Å². The van der Waals surface area contributed by atoms with Gasteiger partial charge in [-0.2, -0.15) is 9.78 Å². The molecule has 0 spiro atoms. The monoisotopic (exact) mass is 616 g/mol. The third-order valence-corrected chi connectivity index (χ3v) is 7.16. The molecule has 0 saturated carbocycles. The molecule has 13 nitrogen and oxygen atoms in total. The zero-order valence-corrected chi connectivity index (χ0v) is 23.6. The Morgan fingerprint density at radius 1 is 1.10 bits per heavy atom. The molecule has 212 valence electrons. The molecule has 0 fully saturated rings. The van der Waals surface area contributed by atoms with Crippen LogP contribution in [-0.4, -0.2) is 67.9 Å². The number of amides is 2. The number of nitrogens with one attached hydrogen (secondary N) is 2. The lowest BCUT2D eigenvalue weighted by Gasteiger charge is -2.18. The molecule has 0 radical (unpaired) electrons. The second kappa shape index (κ2) is 12.8. The predicted molar refractivity (Wildman–Crippen MR) is 153 cm³/mol. The molecule has 0 saturated heterocycles. The molecule has 41 heavy (non-hydrogen) atoms. The van der Waals surface area contributed by atoms with Crippen LogP contribution < -0.4 is 10.6 Å². The van der Waals surface area contributed by atoms with E-state index in [-0.39, 0.29) is 23.0 Å². The minimum Gasteiger partial charge on any atom is -0.465 e. The van der Waals surface area contributed by atoms with Gasteiger partial charge in [0.2, 0.25) is 5.91 Å². The fourth-order valence-electron chi connectivity index (χ4n) is 3.77. The summed E-state index contributed by atoms with van der Waals surface area (Å²) in [5, 5.41) is 33.6. The lowest BCUT2D eigenvalue weighted by Crippen LogP contribution is -2.29. The lowest BCUT2D eigenvalue weighted by atomic mass is 10.0. The molecule has 0 aliphatic heterocycles. The van der Waals surface area contributed by atoms with Crippen LogP contribution in [0.3, 0.4) is 0 Å². The third-order valence-electron chi connectivity index (χ3n) is 5.67. The van der Waals surface area contributed by atoms with Crippen LogP contribution in [0, 0.1) is 0 Å². The van der Waals surface area contributed by atoms with E-state index in [1.54, 1.807) is 48.5 Å². The Balaban J connectivity index is 1.61. The molecule has 3 N–H and O–H groups in total. The van der Waals surface area contributed by atoms with Gasteiger partial charge in [0.05, 0.1) is 23.2 Å². The van der Waals surface area contributed by atoms with E-state index in [0.717, 1.165) is 6.26 Å². The van der Waals surface area contributed by atoms with Crippen molar-refractivity contribution in [1.29, 1.82) is 0 Å². The molecular formula is C25H22Cl2N8O5S. The normalized spacial score (nSPS) is 12.3. The number of carbonyl (C=O) groups is 2. The Morgan fingerprint density at radius 2 is 1.85 bits per heavy atom. The van der Waals surface area contributed by atoms with Gasteiger partial charge in [-0.3, -0.25) is 10.1 Å². The third kappa shape index (κ3) is 8.30. The molecule has 1 unspecified atom stereocenters. The van der Waals surface area contributed by atoms with Gasteiger partial charge in [0, 0.05) is 34.2 Å². The van der Waals surface area contributed by atoms with Crippen LogP contribution in [0.25, 0.3) is 22.9 Å². The Hall–Kier alpha value is -4.40. The number of rotatable bonds is 10. The van der Waals surface area contributed by atoms with Crippen LogP contribution >= 0.6 is 23.2 Å². The van der Waals surface area contributed by atoms with Crippen LogP contribution in [0.2, 0.25) is 10.2 Å². The Kier molecular flexibility index (Phi) is 9.27. The van der Waals surface area contributed by atoms with Crippen molar-refractivity contribution in [3.05, 3.63) is 82.4 Å². The summed E-state index contributed by atoms with van der Waals surface area (Å²) < 4.78 is 25.3. The molecule has 2 aromatic carbocycles. The number of anilines is 1. The van der Waals surface area contributed by atoms with E-state index >= 15 is 0 Å². The number of tetrazole rings is 1. The smallest absolute Gasteiger partial charge is 0.409 e. The van der Waals surface area contributed by atoms with E-state index in [9.17, 15) is 18.0 Å². The van der Waals surface area contributed by atoms with E-state index in [1.165, 1.54) is 23.2 Å². The van der Waals surface area contributed by atoms with Crippen LogP contribution in [-0.2, 0) is 14.6 Å². The van der Waals surface area contributed by atoms with Crippen LogP contribution in [0.1, 0.15) is 23.7 Å². The number of halogens is 2. The van der Waals surface area contributed by atoms with Crippen molar-refractivity contribution in [2.45, 2.75) is 12.5 Å². The topological polar surface area (TPSA) is 182 Å². The maximum Gasteiger partial charge on any atom is 0.409 e. The van der Waals surface area contributed by atoms with Crippen molar-refractivity contribution in [1.82, 2.24) is 35.7 Å². The molecule has 0 aliphatic carbocycles. The maximum absolute atomic E-state index is 13.0. The standard InChI is InChI=1S/C25H22Cl2N8O5S/c1-41(39,40)11-10-20(21-13-19(24(27)32-31-21)15-2-6-18(7-3-15)29-25(37)38)30-23(36)9-4-16-12-17(26)5-8-22(16)35-14-28-33-34-35/h2-9,12-14,20,29H,10-11H2,1H3,(H,30,36)(H,37,38). The fraction of sp³-hybridized carbons (Fsp3) is 0.160. The van der Waals surface area contributed by atoms with Gasteiger partial charge in [-0.15, -0.1) is 10.2 Å². The molecule has 4 rings (SSSR count). The molecule has 2 heterocycles. The summed E-state index contributed by atoms with van der Waals surface area (Å²) in [5.74, 6) is -0.761. The van der Waals surface area contributed by atoms with Gasteiger partial charge in [0.25, 0.3) is 0 Å². The zero-order valence-electron chi connectivity index (χ0n) is 21.3. The average molecular weight is 617 g/mol. The van der Waals surface area contributed by atoms with Gasteiger partial charge in [0.15, 0.2) is 5.15 Å². The molecule has 0 bridgehead atoms. The van der Waals surface area contributed by atoms with Crippen molar-refractivity contribution in [3.8, 4) is 16.8 Å². The SMILES string of the molecule is CS(=O)(=O)CCC(NC(=O)C=Cc1cc(Cl)ccc1-n1cnnn1)c1cc(-c2ccc(NC(=O)O)cc2)c(Cl)nn1. The van der Waals surface area contributed by atoms with E-state index in [0.29, 0.717) is 33.1 Å². The van der Waals surface area contributed by atoms with E-state index in [4.69, 9.17) is 28.3 Å². The van der Waals surface area contributed by atoms with E-state index in [1.807, 2.05) is 0 Å². The second-order valence-corrected chi connectivity index (χ2v) is 11.8. The van der Waals surface area contributed by atoms with E-state index < -0.39 is 27.9 Å². The number of hydrogen-bond acceptors (Lipinski definition) is 9. The van der Waals surface area contributed by atoms with Crippen molar-refractivity contribution >= 4 is 56.8 Å². The molecule has 16 heteroatoms. The number of hydrogen-bond donors (Lipinski definition) is 3. The van der Waals surface area contributed by atoms with Crippen molar-refractivity contribution in [2.75, 3.05) is 17.3 Å². The van der Waals surface area contributed by atoms with Gasteiger partial charge in [0.1, 0.15) is 16.2 Å². The first-order chi connectivity index (χ1) is 19.5. The zero-order chi connectivity index (χ0) is 29.6. The Morgan fingerprint density at radius 3 is 2.51 bits per heavy atom. The summed E-state index contributed by atoms with van der Waals surface area (Å²) in [6, 6.07) is 12.1. The van der Waals surface area contributed by atoms with Gasteiger partial charge in [-0.1, -0.05) is 35.3 Å². The highest BCUT2D eigenvalue weighted by atomic mass is 35.5. The fourth-order valence-corrected chi connectivity index (χ4v) is 4.82. The number of aromatic nitrogens is 6. The molecule has 4 aromatic rings. The minimum absolute atomic E-state index is 0.0165. The number of nitrogens with zero attached hydrogens (tertiary/aromatic N) is 6. The molecule has 0 aliphatic rings. The van der Waals surface area contributed by atoms with Crippen LogP contribution in [0.5, 0.6) is 0 Å². The summed E-state index contributed by atoms with van der Waals surface area (Å²) in [6.45, 7) is 0. The van der Waals surface area contributed by atoms with Crippen LogP contribution in [0.4, 0.5) is 10.5 Å². The molecule has 1 atom stereocenters. The number of benzene rings is 2. The second-order valence-electron chi connectivity index (χ2n) is 8.75. The number of carboxylic acid groups (broad SMARTS) is 1. The predicted octanol–water partition coefficient (Wildman–Crippen LogP) is 3.82. The van der Waals surface area contributed by atoms with Crippen molar-refractivity contribution in [3.63, 3.8) is 0 Å². The Labute approximate surface area is 244 Å². The average Bonchev–Trinajstić information content (AvgIpc) is 3.45. The van der Waals surface area contributed by atoms with Gasteiger partial charge in [-0.05, 0) is 64.9 Å². The summed E-state index contributed by atoms with van der Waals surface area (Å²) in [5.41, 5.74) is 2.83. The summed E-state index contributed by atoms with van der Waals surface area (Å²) >= 11 is 12.4. The van der Waals surface area contributed by atoms with Crippen LogP contribution in [0.15, 0.2) is 60.9 Å². The summed E-state index contributed by atoms with van der Waals surface area (Å²) in [7, 11) is -3.37. The molecular weight excluding hydrogens is 595 g/mol. The summed E-state index contributed by atoms with van der Waals surface area (Å²) in [6.07, 6.45) is 4.10. The highest BCUT2D eigenvalue weighted by Crippen LogP contribution is 2.30. The summed E-state index contributed by atoms with van der Waals surface area (Å²) in [4.78, 5) is 23.9. The number of carbonyl (C=O) groups excluding carboxylic acids is 1. The first-order valence-electron chi connectivity index (χ1n) is 11.8. The number of sulfone groups is 1. The molecule has 2 amide bonds. The van der Waals surface area contributed by atoms with Gasteiger partial charge >= 0.3 is 6.09 Å². The maximum atomic E-state index is 13.0. The quantitative estimate of drug-likeness (QED) is 0.221. The highest BCUT2D eigenvalue weighted by Gasteiger charge is 2.20. The first-order valence-corrected chi connectivity index (χ1v) is 14.6. The van der Waals surface area contributed by atoms with E-state index in [2.05, 4.69) is 36.4 Å². The van der Waals surface area contributed by atoms with Crippen molar-refractivity contribution in [2.24, 2.45) is 0 Å². The largest absolute Gasteiger partial charge is 0.465 e. The lowest BCUT2D eigenvalue weighted by molar-refractivity contribution is -0.117. The Bertz CT molecular complexity index is 1700. The minimum atomic E-state index is -3.37. The van der Waals surface area contributed by atoms with Gasteiger partial charge < -0.3 is 10.4 Å². The first kappa shape index (κ1) is 29.6.